The fourth-order valence-corrected chi connectivity index (χ4v) is 1.41. The van der Waals surface area contributed by atoms with E-state index in [1.54, 1.807) is 6.08 Å². The van der Waals surface area contributed by atoms with Crippen LogP contribution in [0, 0.1) is 5.92 Å². The Morgan fingerprint density at radius 3 is 2.91 bits per heavy atom. The van der Waals surface area contributed by atoms with Gasteiger partial charge < -0.3 is 0 Å². The highest BCUT2D eigenvalue weighted by Gasteiger charge is 2.31. The Morgan fingerprint density at radius 2 is 2.27 bits per heavy atom. The molecule has 0 spiro atoms. The summed E-state index contributed by atoms with van der Waals surface area (Å²) >= 11 is 5.67. The van der Waals surface area contributed by atoms with E-state index in [-0.39, 0.29) is 12.3 Å². The van der Waals surface area contributed by atoms with Crippen LogP contribution in [0.3, 0.4) is 0 Å². The van der Waals surface area contributed by atoms with E-state index in [2.05, 4.69) is 4.99 Å². The van der Waals surface area contributed by atoms with Crippen molar-refractivity contribution in [3.63, 3.8) is 0 Å². The van der Waals surface area contributed by atoms with Crippen LogP contribution in [0.2, 0.25) is 0 Å². The molecule has 0 aromatic heterocycles. The third-order valence-electron chi connectivity index (χ3n) is 1.99. The normalized spacial score (nSPS) is 24.6. The Balaban J connectivity index is 2.25. The van der Waals surface area contributed by atoms with Gasteiger partial charge in [0.15, 0.2) is 5.78 Å². The summed E-state index contributed by atoms with van der Waals surface area (Å²) in [5.41, 5.74) is 0.894. The lowest BCUT2D eigenvalue weighted by Crippen LogP contribution is -2.14. The molecule has 1 saturated carbocycles. The first kappa shape index (κ1) is 7.04. The summed E-state index contributed by atoms with van der Waals surface area (Å²) in [5, 5.41) is 0.478. The summed E-state index contributed by atoms with van der Waals surface area (Å²) in [7, 11) is 0. The lowest BCUT2D eigenvalue weighted by atomic mass is 10.1. The topological polar surface area (TPSA) is 29.4 Å². The van der Waals surface area contributed by atoms with Crippen LogP contribution in [0.4, 0.5) is 0 Å². The number of carbonyl (C=O) groups is 1. The van der Waals surface area contributed by atoms with Crippen molar-refractivity contribution in [3.8, 4) is 0 Å². The van der Waals surface area contributed by atoms with Gasteiger partial charge in [0.1, 0.15) is 11.7 Å². The summed E-state index contributed by atoms with van der Waals surface area (Å²) in [4.78, 5) is 15.0. The minimum atomic E-state index is 0.150. The van der Waals surface area contributed by atoms with Gasteiger partial charge in [0.2, 0.25) is 0 Å². The first-order chi connectivity index (χ1) is 5.27. The van der Waals surface area contributed by atoms with Crippen LogP contribution in [0.15, 0.2) is 16.6 Å². The van der Waals surface area contributed by atoms with E-state index in [0.29, 0.717) is 11.1 Å². The fraction of sp³-hybridized carbons (Fsp3) is 0.500. The maximum atomic E-state index is 11.2. The summed E-state index contributed by atoms with van der Waals surface area (Å²) < 4.78 is 0. The molecule has 58 valence electrons. The van der Waals surface area contributed by atoms with E-state index in [9.17, 15) is 4.79 Å². The fourth-order valence-electron chi connectivity index (χ4n) is 1.23. The van der Waals surface area contributed by atoms with Crippen molar-refractivity contribution in [1.29, 1.82) is 0 Å². The number of nitrogens with zero attached hydrogens (tertiary/aromatic N) is 1. The number of carbonyl (C=O) groups excluding carboxylic acids is 1. The van der Waals surface area contributed by atoms with Gasteiger partial charge >= 0.3 is 0 Å². The van der Waals surface area contributed by atoms with Crippen LogP contribution in [-0.2, 0) is 4.79 Å². The molecule has 0 unspecified atom stereocenters. The molecular weight excluding hydrogens is 162 g/mol. The molecule has 0 saturated heterocycles. The molecule has 0 aromatic carbocycles. The van der Waals surface area contributed by atoms with Gasteiger partial charge in [-0.25, -0.2) is 0 Å². The monoisotopic (exact) mass is 169 g/mol. The summed E-state index contributed by atoms with van der Waals surface area (Å²) in [6, 6.07) is 0. The largest absolute Gasteiger partial charge is 0.292 e. The SMILES string of the molecule is O=C1CN=C(Cl)C=C1C1CC1. The molecular formula is C8H8ClNO. The van der Waals surface area contributed by atoms with Crippen LogP contribution in [0.1, 0.15) is 12.8 Å². The molecule has 0 amide bonds. The molecule has 1 aliphatic carbocycles. The van der Waals surface area contributed by atoms with Gasteiger partial charge in [0.05, 0.1) is 0 Å². The smallest absolute Gasteiger partial charge is 0.180 e. The zero-order valence-corrected chi connectivity index (χ0v) is 6.77. The average molecular weight is 170 g/mol. The molecule has 0 bridgehead atoms. The Hall–Kier alpha value is -0.630. The molecule has 1 aliphatic heterocycles. The summed E-state index contributed by atoms with van der Waals surface area (Å²) in [5.74, 6) is 0.642. The molecule has 0 atom stereocenters. The van der Waals surface area contributed by atoms with Crippen molar-refractivity contribution in [2.75, 3.05) is 6.54 Å². The van der Waals surface area contributed by atoms with Crippen molar-refractivity contribution in [2.45, 2.75) is 12.8 Å². The molecule has 1 heterocycles. The number of ketones is 1. The zero-order valence-electron chi connectivity index (χ0n) is 6.01. The maximum Gasteiger partial charge on any atom is 0.180 e. The molecule has 1 fully saturated rings. The van der Waals surface area contributed by atoms with Gasteiger partial charge in [-0.3, -0.25) is 9.79 Å². The quantitative estimate of drug-likeness (QED) is 0.586. The number of dihydropyridines is 1. The maximum absolute atomic E-state index is 11.2. The van der Waals surface area contributed by atoms with Crippen LogP contribution in [0.25, 0.3) is 0 Å². The van der Waals surface area contributed by atoms with E-state index >= 15 is 0 Å². The second-order valence-corrected chi connectivity index (χ2v) is 3.32. The van der Waals surface area contributed by atoms with E-state index in [1.165, 1.54) is 0 Å². The Bertz CT molecular complexity index is 263. The number of allylic oxidation sites excluding steroid dienone is 1. The van der Waals surface area contributed by atoms with E-state index in [1.807, 2.05) is 0 Å². The first-order valence-corrected chi connectivity index (χ1v) is 4.10. The number of Topliss-reactive ketones (excluding diaryl/α,β-unsaturated/α-hetero) is 1. The van der Waals surface area contributed by atoms with Crippen molar-refractivity contribution in [1.82, 2.24) is 0 Å². The number of hydrogen-bond acceptors (Lipinski definition) is 2. The number of hydrogen-bond donors (Lipinski definition) is 0. The lowest BCUT2D eigenvalue weighted by molar-refractivity contribution is -0.114. The van der Waals surface area contributed by atoms with E-state index < -0.39 is 0 Å². The van der Waals surface area contributed by atoms with Crippen molar-refractivity contribution < 1.29 is 4.79 Å². The minimum Gasteiger partial charge on any atom is -0.292 e. The third-order valence-corrected chi connectivity index (χ3v) is 2.22. The highest BCUT2D eigenvalue weighted by molar-refractivity contribution is 6.69. The second kappa shape index (κ2) is 2.45. The van der Waals surface area contributed by atoms with E-state index in [4.69, 9.17) is 11.6 Å². The van der Waals surface area contributed by atoms with Gasteiger partial charge in [0.25, 0.3) is 0 Å². The molecule has 2 nitrogen and oxygen atoms in total. The Kier molecular flexibility index (Phi) is 1.57. The zero-order chi connectivity index (χ0) is 7.84. The molecule has 2 rings (SSSR count). The van der Waals surface area contributed by atoms with Crippen molar-refractivity contribution in [2.24, 2.45) is 10.9 Å². The highest BCUT2D eigenvalue weighted by Crippen LogP contribution is 2.37. The molecule has 0 N–H and O–H groups in total. The third kappa shape index (κ3) is 1.36. The summed E-state index contributed by atoms with van der Waals surface area (Å²) in [6.07, 6.45) is 3.99. The van der Waals surface area contributed by atoms with Gasteiger partial charge in [-0.05, 0) is 24.8 Å². The molecule has 11 heavy (non-hydrogen) atoms. The van der Waals surface area contributed by atoms with Gasteiger partial charge in [0, 0.05) is 5.57 Å². The predicted molar refractivity (Wildman–Crippen MR) is 44.0 cm³/mol. The molecule has 2 aliphatic rings. The minimum absolute atomic E-state index is 0.150. The molecule has 0 radical (unpaired) electrons. The lowest BCUT2D eigenvalue weighted by Gasteiger charge is -2.06. The standard InChI is InChI=1S/C8H8ClNO/c9-8-3-6(5-1-2-5)7(11)4-10-8/h3,5H,1-2,4H2. The predicted octanol–water partition coefficient (Wildman–Crippen LogP) is 1.54. The van der Waals surface area contributed by atoms with Gasteiger partial charge in [-0.1, -0.05) is 11.6 Å². The van der Waals surface area contributed by atoms with E-state index in [0.717, 1.165) is 18.4 Å². The van der Waals surface area contributed by atoms with Crippen LogP contribution < -0.4 is 0 Å². The second-order valence-electron chi connectivity index (χ2n) is 2.94. The molecule has 3 heteroatoms. The summed E-state index contributed by atoms with van der Waals surface area (Å²) in [6.45, 7) is 0.251. The molecule has 0 aromatic rings. The van der Waals surface area contributed by atoms with Gasteiger partial charge in [-0.2, -0.15) is 0 Å². The van der Waals surface area contributed by atoms with Crippen molar-refractivity contribution in [3.05, 3.63) is 11.6 Å². The number of halogens is 1. The number of aliphatic imine (C=N–C) groups is 1. The Labute approximate surface area is 70.0 Å². The van der Waals surface area contributed by atoms with Gasteiger partial charge in [-0.15, -0.1) is 0 Å². The van der Waals surface area contributed by atoms with Crippen LogP contribution >= 0.6 is 11.6 Å². The average Bonchev–Trinajstić information content (AvgIpc) is 2.76. The van der Waals surface area contributed by atoms with Crippen molar-refractivity contribution >= 4 is 22.6 Å². The highest BCUT2D eigenvalue weighted by atomic mass is 35.5. The van der Waals surface area contributed by atoms with Crippen LogP contribution in [0.5, 0.6) is 0 Å². The first-order valence-electron chi connectivity index (χ1n) is 3.72. The Morgan fingerprint density at radius 1 is 1.55 bits per heavy atom. The number of rotatable bonds is 1. The van der Waals surface area contributed by atoms with Crippen LogP contribution in [-0.4, -0.2) is 17.5 Å².